The normalized spacial score (nSPS) is 20.8. The van der Waals surface area contributed by atoms with Gasteiger partial charge in [-0.05, 0) is 43.2 Å². The van der Waals surface area contributed by atoms with Crippen LogP contribution in [0.1, 0.15) is 83.7 Å². The zero-order valence-electron chi connectivity index (χ0n) is 15.4. The van der Waals surface area contributed by atoms with Crippen molar-refractivity contribution in [3.8, 4) is 5.75 Å². The van der Waals surface area contributed by atoms with Crippen LogP contribution < -0.4 is 4.74 Å². The zero-order chi connectivity index (χ0) is 17.2. The van der Waals surface area contributed by atoms with Gasteiger partial charge in [-0.3, -0.25) is 9.78 Å². The minimum Gasteiger partial charge on any atom is -0.425 e. The molecule has 1 aliphatic rings. The smallest absolute Gasteiger partial charge is 0.311 e. The number of carbonyl (C=O) groups excluding carboxylic acids is 1. The maximum absolute atomic E-state index is 11.7. The highest BCUT2D eigenvalue weighted by Crippen LogP contribution is 2.32. The van der Waals surface area contributed by atoms with E-state index in [1.54, 1.807) is 6.20 Å². The number of aromatic nitrogens is 1. The molecule has 2 rings (SSSR count). The van der Waals surface area contributed by atoms with Crippen LogP contribution >= 0.6 is 0 Å². The quantitative estimate of drug-likeness (QED) is 0.429. The Hall–Kier alpha value is -1.38. The van der Waals surface area contributed by atoms with E-state index in [4.69, 9.17) is 4.74 Å². The molecule has 3 nitrogen and oxygen atoms in total. The van der Waals surface area contributed by atoms with Gasteiger partial charge in [0.15, 0.2) is 0 Å². The minimum absolute atomic E-state index is 0.148. The summed E-state index contributed by atoms with van der Waals surface area (Å²) >= 11 is 0. The van der Waals surface area contributed by atoms with E-state index in [1.807, 2.05) is 12.1 Å². The first-order chi connectivity index (χ1) is 11.7. The summed E-state index contributed by atoms with van der Waals surface area (Å²) in [4.78, 5) is 16.2. The lowest BCUT2D eigenvalue weighted by Gasteiger charge is -2.27. The van der Waals surface area contributed by atoms with Gasteiger partial charge < -0.3 is 4.74 Å². The van der Waals surface area contributed by atoms with Crippen LogP contribution in [-0.4, -0.2) is 11.0 Å². The first-order valence-electron chi connectivity index (χ1n) is 9.86. The zero-order valence-corrected chi connectivity index (χ0v) is 15.4. The molecule has 1 aliphatic carbocycles. The number of nitrogens with zero attached hydrogens (tertiary/aromatic N) is 1. The van der Waals surface area contributed by atoms with Crippen molar-refractivity contribution in [1.82, 2.24) is 4.98 Å². The molecular weight excluding hydrogens is 298 g/mol. The first kappa shape index (κ1) is 19.0. The molecule has 0 aliphatic heterocycles. The second-order valence-corrected chi connectivity index (χ2v) is 7.25. The summed E-state index contributed by atoms with van der Waals surface area (Å²) in [5.74, 6) is 2.26. The van der Waals surface area contributed by atoms with E-state index in [0.717, 1.165) is 43.2 Å². The van der Waals surface area contributed by atoms with Crippen molar-refractivity contribution in [2.75, 3.05) is 0 Å². The Morgan fingerprint density at radius 3 is 2.50 bits per heavy atom. The van der Waals surface area contributed by atoms with Gasteiger partial charge in [-0.1, -0.05) is 58.8 Å². The fraction of sp³-hybridized carbons (Fsp3) is 0.714. The van der Waals surface area contributed by atoms with E-state index < -0.39 is 0 Å². The van der Waals surface area contributed by atoms with Gasteiger partial charge >= 0.3 is 5.97 Å². The van der Waals surface area contributed by atoms with Crippen molar-refractivity contribution in [2.24, 2.45) is 11.8 Å². The summed E-state index contributed by atoms with van der Waals surface area (Å²) in [5.41, 5.74) is 1.11. The predicted octanol–water partition coefficient (Wildman–Crippen LogP) is 5.72. The third-order valence-electron chi connectivity index (χ3n) is 5.37. The fourth-order valence-corrected chi connectivity index (χ4v) is 3.60. The molecule has 1 saturated carbocycles. The highest BCUT2D eigenvalue weighted by Gasteiger charge is 2.19. The third-order valence-corrected chi connectivity index (χ3v) is 5.37. The Labute approximate surface area is 147 Å². The van der Waals surface area contributed by atoms with Crippen molar-refractivity contribution >= 4 is 5.97 Å². The Morgan fingerprint density at radius 1 is 1.12 bits per heavy atom. The van der Waals surface area contributed by atoms with Crippen LogP contribution in [0.2, 0.25) is 0 Å². The number of carbonyl (C=O) groups is 1. The molecule has 0 atom stereocenters. The maximum atomic E-state index is 11.7. The molecule has 134 valence electrons. The second-order valence-electron chi connectivity index (χ2n) is 7.25. The molecule has 0 amide bonds. The van der Waals surface area contributed by atoms with Crippen molar-refractivity contribution in [2.45, 2.75) is 84.5 Å². The van der Waals surface area contributed by atoms with Crippen LogP contribution in [0, 0.1) is 11.8 Å². The molecular formula is C21H33NO2. The number of unbranched alkanes of at least 4 members (excludes halogenated alkanes) is 2. The molecule has 1 aromatic heterocycles. The van der Waals surface area contributed by atoms with E-state index in [-0.39, 0.29) is 5.97 Å². The highest BCUT2D eigenvalue weighted by atomic mass is 16.5. The van der Waals surface area contributed by atoms with Gasteiger partial charge in [-0.15, -0.1) is 0 Å². The SMILES string of the molecule is CCCCCC(=O)Oc1ccc(CC[C@H]2CC[C@H](CC)CC2)nc1. The number of esters is 1. The van der Waals surface area contributed by atoms with Gasteiger partial charge in [-0.2, -0.15) is 0 Å². The van der Waals surface area contributed by atoms with Crippen LogP contribution in [0.15, 0.2) is 18.3 Å². The highest BCUT2D eigenvalue weighted by molar-refractivity contribution is 5.72. The molecule has 0 N–H and O–H groups in total. The molecule has 24 heavy (non-hydrogen) atoms. The van der Waals surface area contributed by atoms with Crippen molar-refractivity contribution in [1.29, 1.82) is 0 Å². The van der Waals surface area contributed by atoms with E-state index in [0.29, 0.717) is 12.2 Å². The molecule has 0 aromatic carbocycles. The van der Waals surface area contributed by atoms with Crippen LogP contribution in [-0.2, 0) is 11.2 Å². The van der Waals surface area contributed by atoms with Crippen LogP contribution in [0.25, 0.3) is 0 Å². The monoisotopic (exact) mass is 331 g/mol. The summed E-state index contributed by atoms with van der Waals surface area (Å²) in [5, 5.41) is 0. The molecule has 1 heterocycles. The summed E-state index contributed by atoms with van der Waals surface area (Å²) < 4.78 is 5.33. The van der Waals surface area contributed by atoms with Crippen molar-refractivity contribution < 1.29 is 9.53 Å². The summed E-state index contributed by atoms with van der Waals surface area (Å²) in [6, 6.07) is 3.89. The van der Waals surface area contributed by atoms with Gasteiger partial charge in [0.05, 0.1) is 6.20 Å². The minimum atomic E-state index is -0.148. The summed E-state index contributed by atoms with van der Waals surface area (Å²) in [6.07, 6.45) is 14.5. The number of ether oxygens (including phenoxy) is 1. The molecule has 0 unspecified atom stereocenters. The molecule has 1 fully saturated rings. The predicted molar refractivity (Wildman–Crippen MR) is 98.1 cm³/mol. The average Bonchev–Trinajstić information content (AvgIpc) is 2.62. The average molecular weight is 332 g/mol. The largest absolute Gasteiger partial charge is 0.425 e. The molecule has 3 heteroatoms. The Morgan fingerprint density at radius 2 is 1.88 bits per heavy atom. The Bertz CT molecular complexity index is 475. The number of rotatable bonds is 9. The van der Waals surface area contributed by atoms with Gasteiger partial charge in [0.1, 0.15) is 5.75 Å². The summed E-state index contributed by atoms with van der Waals surface area (Å²) in [7, 11) is 0. The van der Waals surface area contributed by atoms with Crippen LogP contribution in [0.5, 0.6) is 5.75 Å². The standard InChI is InChI=1S/C21H33NO2/c1-3-5-6-7-21(23)24-20-15-14-19(22-16-20)13-12-18-10-8-17(4-2)9-11-18/h14-18H,3-13H2,1-2H3/t17-,18-. The molecule has 0 bridgehead atoms. The molecule has 1 aromatic rings. The first-order valence-corrected chi connectivity index (χ1v) is 9.86. The van der Waals surface area contributed by atoms with Gasteiger partial charge in [0, 0.05) is 12.1 Å². The van der Waals surface area contributed by atoms with Gasteiger partial charge in [0.2, 0.25) is 0 Å². The molecule has 0 spiro atoms. The number of hydrogen-bond acceptors (Lipinski definition) is 3. The Balaban J connectivity index is 1.69. The second kappa shape index (κ2) is 10.5. The van der Waals surface area contributed by atoms with E-state index in [9.17, 15) is 4.79 Å². The van der Waals surface area contributed by atoms with E-state index in [2.05, 4.69) is 18.8 Å². The van der Waals surface area contributed by atoms with Crippen molar-refractivity contribution in [3.05, 3.63) is 24.0 Å². The third kappa shape index (κ3) is 6.62. The maximum Gasteiger partial charge on any atom is 0.311 e. The van der Waals surface area contributed by atoms with E-state index >= 15 is 0 Å². The lowest BCUT2D eigenvalue weighted by atomic mass is 9.79. The number of aryl methyl sites for hydroxylation is 1. The van der Waals surface area contributed by atoms with Crippen LogP contribution in [0.4, 0.5) is 0 Å². The molecule has 0 saturated heterocycles. The van der Waals surface area contributed by atoms with Gasteiger partial charge in [0.25, 0.3) is 0 Å². The topological polar surface area (TPSA) is 39.2 Å². The van der Waals surface area contributed by atoms with Crippen LogP contribution in [0.3, 0.4) is 0 Å². The lowest BCUT2D eigenvalue weighted by Crippen LogP contribution is -2.14. The van der Waals surface area contributed by atoms with E-state index in [1.165, 1.54) is 38.5 Å². The lowest BCUT2D eigenvalue weighted by molar-refractivity contribution is -0.134. The summed E-state index contributed by atoms with van der Waals surface area (Å²) in [6.45, 7) is 4.44. The Kier molecular flexibility index (Phi) is 8.27. The fourth-order valence-electron chi connectivity index (χ4n) is 3.60. The number of pyridine rings is 1. The van der Waals surface area contributed by atoms with Gasteiger partial charge in [-0.25, -0.2) is 0 Å². The molecule has 0 radical (unpaired) electrons. The van der Waals surface area contributed by atoms with Crippen molar-refractivity contribution in [3.63, 3.8) is 0 Å². The number of hydrogen-bond donors (Lipinski definition) is 0.